The number of hydrogen-bond donors (Lipinski definition) is 1. The van der Waals surface area contributed by atoms with Crippen molar-refractivity contribution in [2.45, 2.75) is 37.8 Å². The van der Waals surface area contributed by atoms with Gasteiger partial charge in [-0.3, -0.25) is 0 Å². The highest BCUT2D eigenvalue weighted by Crippen LogP contribution is 2.33. The van der Waals surface area contributed by atoms with Crippen LogP contribution in [0.25, 0.3) is 0 Å². The van der Waals surface area contributed by atoms with Crippen LogP contribution < -0.4 is 10.1 Å². The zero-order valence-corrected chi connectivity index (χ0v) is 16.6. The van der Waals surface area contributed by atoms with Crippen LogP contribution in [-0.2, 0) is 10.9 Å². The van der Waals surface area contributed by atoms with Crippen LogP contribution in [-0.4, -0.2) is 73.4 Å². The first-order valence-electron chi connectivity index (χ1n) is 10.1. The molecule has 0 spiro atoms. The number of benzene rings is 1. The Morgan fingerprint density at radius 1 is 1.27 bits per heavy atom. The van der Waals surface area contributed by atoms with Gasteiger partial charge in [-0.2, -0.15) is 13.2 Å². The maximum Gasteiger partial charge on any atom is 0.416 e. The molecule has 0 saturated carbocycles. The number of fused-ring (bicyclic) bond motifs is 1. The molecular formula is C20H25F4N3O3. The number of nitrogens with zero attached hydrogens (tertiary/aromatic N) is 2. The summed E-state index contributed by atoms with van der Waals surface area (Å²) >= 11 is 0. The van der Waals surface area contributed by atoms with E-state index in [2.05, 4.69) is 5.32 Å². The summed E-state index contributed by atoms with van der Waals surface area (Å²) in [5.41, 5.74) is -1.05. The number of carbonyl (C=O) groups excluding carboxylic acids is 1. The summed E-state index contributed by atoms with van der Waals surface area (Å²) in [5, 5.41) is 3.39. The molecule has 3 heterocycles. The average Bonchev–Trinajstić information content (AvgIpc) is 2.67. The third-order valence-corrected chi connectivity index (χ3v) is 6.08. The molecule has 0 unspecified atom stereocenters. The first-order valence-corrected chi connectivity index (χ1v) is 10.1. The van der Waals surface area contributed by atoms with Crippen molar-refractivity contribution < 1.29 is 31.8 Å². The topological polar surface area (TPSA) is 54.0 Å². The van der Waals surface area contributed by atoms with Gasteiger partial charge in [0.25, 0.3) is 0 Å². The van der Waals surface area contributed by atoms with E-state index >= 15 is 0 Å². The van der Waals surface area contributed by atoms with Crippen molar-refractivity contribution in [3.63, 3.8) is 0 Å². The Hall–Kier alpha value is -2.07. The van der Waals surface area contributed by atoms with Gasteiger partial charge in [0.1, 0.15) is 6.10 Å². The highest BCUT2D eigenvalue weighted by atomic mass is 19.4. The molecule has 0 aliphatic carbocycles. The van der Waals surface area contributed by atoms with Gasteiger partial charge in [-0.25, -0.2) is 9.18 Å². The number of carbonyl (C=O) groups is 1. The van der Waals surface area contributed by atoms with E-state index < -0.39 is 23.7 Å². The van der Waals surface area contributed by atoms with Crippen LogP contribution in [0.2, 0.25) is 0 Å². The Bertz CT molecular complexity index is 785. The number of rotatable bonds is 3. The highest BCUT2D eigenvalue weighted by Gasteiger charge is 2.41. The zero-order chi connectivity index (χ0) is 21.5. The van der Waals surface area contributed by atoms with Gasteiger partial charge < -0.3 is 24.6 Å². The number of alkyl halides is 3. The number of amides is 2. The predicted octanol–water partition coefficient (Wildman–Crippen LogP) is 2.73. The maximum absolute atomic E-state index is 14.0. The minimum absolute atomic E-state index is 0.00989. The van der Waals surface area contributed by atoms with Crippen molar-refractivity contribution in [1.82, 2.24) is 15.1 Å². The molecule has 166 valence electrons. The maximum atomic E-state index is 14.0. The van der Waals surface area contributed by atoms with Crippen LogP contribution in [0.5, 0.6) is 5.75 Å². The fourth-order valence-corrected chi connectivity index (χ4v) is 4.19. The van der Waals surface area contributed by atoms with E-state index in [4.69, 9.17) is 9.47 Å². The van der Waals surface area contributed by atoms with Crippen molar-refractivity contribution in [2.75, 3.05) is 39.3 Å². The molecule has 30 heavy (non-hydrogen) atoms. The summed E-state index contributed by atoms with van der Waals surface area (Å²) < 4.78 is 63.2. The SMILES string of the molecule is C[C@H](Oc1ccc(C(F)(F)F)cc1F)C1CN(C(=O)N2CC[C@@H]3OCCN[C@@H]3C2)C1. The molecule has 1 aromatic rings. The van der Waals surface area contributed by atoms with Gasteiger partial charge in [0.05, 0.1) is 24.3 Å². The number of urea groups is 1. The second-order valence-electron chi connectivity index (χ2n) is 8.12. The molecule has 3 aliphatic rings. The molecule has 3 atom stereocenters. The van der Waals surface area contributed by atoms with Crippen molar-refractivity contribution in [2.24, 2.45) is 5.92 Å². The smallest absolute Gasteiger partial charge is 0.416 e. The number of hydrogen-bond acceptors (Lipinski definition) is 4. The molecular weight excluding hydrogens is 406 g/mol. The number of morpholine rings is 1. The molecule has 3 aliphatic heterocycles. The summed E-state index contributed by atoms with van der Waals surface area (Å²) in [6.07, 6.45) is -4.08. The van der Waals surface area contributed by atoms with Crippen LogP contribution in [0.4, 0.5) is 22.4 Å². The Morgan fingerprint density at radius 3 is 2.73 bits per heavy atom. The molecule has 3 saturated heterocycles. The summed E-state index contributed by atoms with van der Waals surface area (Å²) in [4.78, 5) is 16.3. The second-order valence-corrected chi connectivity index (χ2v) is 8.12. The molecule has 0 radical (unpaired) electrons. The molecule has 3 fully saturated rings. The van der Waals surface area contributed by atoms with Crippen molar-refractivity contribution >= 4 is 6.03 Å². The molecule has 10 heteroatoms. The van der Waals surface area contributed by atoms with E-state index in [0.29, 0.717) is 38.9 Å². The summed E-state index contributed by atoms with van der Waals surface area (Å²) in [6.45, 7) is 5.40. The number of halogens is 4. The largest absolute Gasteiger partial charge is 0.487 e. The van der Waals surface area contributed by atoms with Crippen molar-refractivity contribution in [1.29, 1.82) is 0 Å². The first kappa shape index (κ1) is 21.2. The Morgan fingerprint density at radius 2 is 2.03 bits per heavy atom. The number of nitrogens with one attached hydrogen (secondary N) is 1. The van der Waals surface area contributed by atoms with Gasteiger partial charge in [0.2, 0.25) is 0 Å². The molecule has 0 bridgehead atoms. The normalized spacial score (nSPS) is 26.0. The molecule has 6 nitrogen and oxygen atoms in total. The van der Waals surface area contributed by atoms with Gasteiger partial charge in [0, 0.05) is 38.6 Å². The van der Waals surface area contributed by atoms with Crippen molar-refractivity contribution in [3.05, 3.63) is 29.6 Å². The second kappa shape index (κ2) is 8.22. The summed E-state index contributed by atoms with van der Waals surface area (Å²) in [5.74, 6) is -1.27. The zero-order valence-electron chi connectivity index (χ0n) is 16.6. The van der Waals surface area contributed by atoms with Crippen LogP contribution >= 0.6 is 0 Å². The van der Waals surface area contributed by atoms with Gasteiger partial charge in [-0.1, -0.05) is 0 Å². The summed E-state index contributed by atoms with van der Waals surface area (Å²) in [6, 6.07) is 2.35. The Labute approximate surface area is 172 Å². The standard InChI is InChI=1S/C20H25F4N3O3/c1-12(30-17-3-2-14(8-15(17)21)20(22,23)24)13-9-27(10-13)19(28)26-6-4-18-16(11-26)25-5-7-29-18/h2-3,8,12-13,16,18,25H,4-7,9-11H2,1H3/t12-,16+,18-/m0/s1. The van der Waals surface area contributed by atoms with E-state index in [1.54, 1.807) is 11.8 Å². The van der Waals surface area contributed by atoms with Gasteiger partial charge >= 0.3 is 12.2 Å². The van der Waals surface area contributed by atoms with E-state index in [1.807, 2.05) is 4.90 Å². The minimum atomic E-state index is -4.60. The highest BCUT2D eigenvalue weighted by molar-refractivity contribution is 5.75. The quantitative estimate of drug-likeness (QED) is 0.748. The van der Waals surface area contributed by atoms with Gasteiger partial charge in [-0.05, 0) is 31.5 Å². The Kier molecular flexibility index (Phi) is 5.80. The molecule has 1 aromatic carbocycles. The first-order chi connectivity index (χ1) is 14.2. The lowest BCUT2D eigenvalue weighted by Gasteiger charge is -2.47. The van der Waals surface area contributed by atoms with Crippen LogP contribution in [0.1, 0.15) is 18.9 Å². The van der Waals surface area contributed by atoms with E-state index in [0.717, 1.165) is 25.1 Å². The number of likely N-dealkylation sites (tertiary alicyclic amines) is 2. The van der Waals surface area contributed by atoms with E-state index in [9.17, 15) is 22.4 Å². The Balaban J connectivity index is 1.27. The van der Waals surface area contributed by atoms with Gasteiger partial charge in [0.15, 0.2) is 11.6 Å². The molecule has 0 aromatic heterocycles. The van der Waals surface area contributed by atoms with Crippen LogP contribution in [0, 0.1) is 11.7 Å². The fraction of sp³-hybridized carbons (Fsp3) is 0.650. The van der Waals surface area contributed by atoms with Crippen LogP contribution in [0.3, 0.4) is 0 Å². The molecule has 1 N–H and O–H groups in total. The monoisotopic (exact) mass is 431 g/mol. The van der Waals surface area contributed by atoms with Crippen LogP contribution in [0.15, 0.2) is 18.2 Å². The van der Waals surface area contributed by atoms with Gasteiger partial charge in [-0.15, -0.1) is 0 Å². The third-order valence-electron chi connectivity index (χ3n) is 6.08. The predicted molar refractivity (Wildman–Crippen MR) is 99.7 cm³/mol. The third kappa shape index (κ3) is 4.34. The lowest BCUT2D eigenvalue weighted by molar-refractivity contribution is -0.137. The summed E-state index contributed by atoms with van der Waals surface area (Å²) in [7, 11) is 0. The van der Waals surface area contributed by atoms with E-state index in [-0.39, 0.29) is 29.8 Å². The number of ether oxygens (including phenoxy) is 2. The fourth-order valence-electron chi connectivity index (χ4n) is 4.19. The minimum Gasteiger partial charge on any atom is -0.487 e. The molecule has 2 amide bonds. The molecule has 4 rings (SSSR count). The number of piperidine rings is 1. The lowest BCUT2D eigenvalue weighted by atomic mass is 9.94. The van der Waals surface area contributed by atoms with E-state index in [1.165, 1.54) is 0 Å². The average molecular weight is 431 g/mol. The lowest BCUT2D eigenvalue weighted by Crippen LogP contribution is -2.64. The van der Waals surface area contributed by atoms with Crippen molar-refractivity contribution in [3.8, 4) is 5.75 Å².